The van der Waals surface area contributed by atoms with Gasteiger partial charge in [0, 0.05) is 54.4 Å². The molecular weight excluding hydrogens is 430 g/mol. The van der Waals surface area contributed by atoms with Crippen LogP contribution in [0.1, 0.15) is 46.6 Å². The van der Waals surface area contributed by atoms with Gasteiger partial charge in [-0.15, -0.1) is 11.3 Å². The minimum absolute atomic E-state index is 0.0460. The Kier molecular flexibility index (Phi) is 6.25. The number of benzene rings is 1. The second-order valence-electron chi connectivity index (χ2n) is 8.10. The van der Waals surface area contributed by atoms with Crippen LogP contribution in [0.25, 0.3) is 10.6 Å². The van der Waals surface area contributed by atoms with Crippen LogP contribution in [0.3, 0.4) is 0 Å². The fourth-order valence-corrected chi connectivity index (χ4v) is 4.84. The molecule has 3 aromatic rings. The summed E-state index contributed by atoms with van der Waals surface area (Å²) < 4.78 is 0. The van der Waals surface area contributed by atoms with E-state index in [2.05, 4.69) is 28.7 Å². The molecule has 1 aliphatic heterocycles. The van der Waals surface area contributed by atoms with E-state index in [1.165, 1.54) is 11.3 Å². The standard InChI is InChI=1S/C23H26ClN5OS/c1-14(2)21-25-15(3)12-19(27-21)28-8-10-29(11-9-28)23(30)20-16(4)26-22(31-20)17-6-5-7-18(24)13-17/h5-7,12-14H,8-11H2,1-4H3. The third-order valence-corrected chi connectivity index (χ3v) is 6.76. The molecule has 0 radical (unpaired) electrons. The Labute approximate surface area is 191 Å². The number of anilines is 1. The number of carbonyl (C=O) groups excluding carboxylic acids is 1. The third-order valence-electron chi connectivity index (χ3n) is 5.33. The molecule has 1 saturated heterocycles. The van der Waals surface area contributed by atoms with Gasteiger partial charge in [-0.2, -0.15) is 0 Å². The number of thiazole rings is 1. The van der Waals surface area contributed by atoms with E-state index >= 15 is 0 Å². The zero-order chi connectivity index (χ0) is 22.1. The van der Waals surface area contributed by atoms with E-state index in [1.54, 1.807) is 0 Å². The fourth-order valence-electron chi connectivity index (χ4n) is 3.62. The Balaban J connectivity index is 1.47. The van der Waals surface area contributed by atoms with Crippen LogP contribution >= 0.6 is 22.9 Å². The molecule has 1 amide bonds. The summed E-state index contributed by atoms with van der Waals surface area (Å²) in [6.45, 7) is 10.9. The fraction of sp³-hybridized carbons (Fsp3) is 0.391. The van der Waals surface area contributed by atoms with Gasteiger partial charge in [0.2, 0.25) is 0 Å². The summed E-state index contributed by atoms with van der Waals surface area (Å²) in [5, 5.41) is 1.48. The highest BCUT2D eigenvalue weighted by Gasteiger charge is 2.26. The number of aromatic nitrogens is 3. The molecule has 8 heteroatoms. The van der Waals surface area contributed by atoms with Crippen molar-refractivity contribution in [1.82, 2.24) is 19.9 Å². The van der Waals surface area contributed by atoms with Crippen LogP contribution in [0.4, 0.5) is 5.82 Å². The molecule has 3 heterocycles. The Morgan fingerprint density at radius 2 is 1.81 bits per heavy atom. The van der Waals surface area contributed by atoms with Crippen molar-refractivity contribution in [2.45, 2.75) is 33.6 Å². The molecule has 1 aliphatic rings. The Bertz CT molecular complexity index is 1110. The van der Waals surface area contributed by atoms with Gasteiger partial charge in [0.25, 0.3) is 5.91 Å². The molecule has 0 spiro atoms. The Morgan fingerprint density at radius 1 is 1.06 bits per heavy atom. The van der Waals surface area contributed by atoms with Crippen LogP contribution in [0, 0.1) is 13.8 Å². The first-order valence-corrected chi connectivity index (χ1v) is 11.6. The smallest absolute Gasteiger partial charge is 0.265 e. The summed E-state index contributed by atoms with van der Waals surface area (Å²) in [6.07, 6.45) is 0. The number of hydrogen-bond donors (Lipinski definition) is 0. The summed E-state index contributed by atoms with van der Waals surface area (Å²) in [5.74, 6) is 2.14. The van der Waals surface area contributed by atoms with Gasteiger partial charge in [-0.25, -0.2) is 15.0 Å². The highest BCUT2D eigenvalue weighted by atomic mass is 35.5. The maximum atomic E-state index is 13.2. The normalized spacial score (nSPS) is 14.4. The maximum absolute atomic E-state index is 13.2. The molecule has 0 N–H and O–H groups in total. The van der Waals surface area contributed by atoms with E-state index in [0.717, 1.165) is 46.7 Å². The van der Waals surface area contributed by atoms with Crippen LogP contribution in [0.5, 0.6) is 0 Å². The summed E-state index contributed by atoms with van der Waals surface area (Å²) >= 11 is 7.55. The van der Waals surface area contributed by atoms with Gasteiger partial charge < -0.3 is 9.80 Å². The van der Waals surface area contributed by atoms with Crippen molar-refractivity contribution in [1.29, 1.82) is 0 Å². The van der Waals surface area contributed by atoms with Gasteiger partial charge in [0.15, 0.2) is 0 Å². The topological polar surface area (TPSA) is 62.2 Å². The SMILES string of the molecule is Cc1cc(N2CCN(C(=O)c3sc(-c4cccc(Cl)c4)nc3C)CC2)nc(C(C)C)n1. The van der Waals surface area contributed by atoms with Crippen molar-refractivity contribution in [3.63, 3.8) is 0 Å². The molecule has 0 atom stereocenters. The second kappa shape index (κ2) is 8.93. The number of carbonyl (C=O) groups is 1. The van der Waals surface area contributed by atoms with Gasteiger partial charge in [-0.05, 0) is 26.0 Å². The van der Waals surface area contributed by atoms with E-state index < -0.39 is 0 Å². The van der Waals surface area contributed by atoms with E-state index in [0.29, 0.717) is 23.0 Å². The van der Waals surface area contributed by atoms with E-state index in [9.17, 15) is 4.79 Å². The molecule has 0 unspecified atom stereocenters. The molecule has 0 saturated carbocycles. The monoisotopic (exact) mass is 455 g/mol. The molecular formula is C23H26ClN5OS. The second-order valence-corrected chi connectivity index (χ2v) is 9.54. The lowest BCUT2D eigenvalue weighted by atomic mass is 10.2. The highest BCUT2D eigenvalue weighted by Crippen LogP contribution is 2.30. The molecule has 0 aliphatic carbocycles. The summed E-state index contributed by atoms with van der Waals surface area (Å²) in [6, 6.07) is 9.59. The Morgan fingerprint density at radius 3 is 2.48 bits per heavy atom. The van der Waals surface area contributed by atoms with Crippen LogP contribution in [-0.2, 0) is 0 Å². The zero-order valence-electron chi connectivity index (χ0n) is 18.2. The quantitative estimate of drug-likeness (QED) is 0.556. The van der Waals surface area contributed by atoms with Crippen LogP contribution < -0.4 is 4.90 Å². The van der Waals surface area contributed by atoms with Crippen molar-refractivity contribution >= 4 is 34.7 Å². The van der Waals surface area contributed by atoms with Gasteiger partial charge in [0.05, 0.1) is 5.69 Å². The lowest BCUT2D eigenvalue weighted by Crippen LogP contribution is -2.49. The van der Waals surface area contributed by atoms with Crippen LogP contribution in [0.2, 0.25) is 5.02 Å². The zero-order valence-corrected chi connectivity index (χ0v) is 19.8. The first-order chi connectivity index (χ1) is 14.8. The number of rotatable bonds is 4. The minimum atomic E-state index is 0.0460. The van der Waals surface area contributed by atoms with Crippen molar-refractivity contribution in [2.24, 2.45) is 0 Å². The summed E-state index contributed by atoms with van der Waals surface area (Å²) in [7, 11) is 0. The number of nitrogens with zero attached hydrogens (tertiary/aromatic N) is 5. The van der Waals surface area contributed by atoms with Crippen molar-refractivity contribution in [3.05, 3.63) is 57.4 Å². The predicted molar refractivity (Wildman–Crippen MR) is 126 cm³/mol. The predicted octanol–water partition coefficient (Wildman–Crippen LogP) is 4.96. The lowest BCUT2D eigenvalue weighted by Gasteiger charge is -2.35. The first kappa shape index (κ1) is 21.7. The average molecular weight is 456 g/mol. The molecule has 1 aromatic carbocycles. The van der Waals surface area contributed by atoms with Gasteiger partial charge in [-0.3, -0.25) is 4.79 Å². The molecule has 2 aromatic heterocycles. The average Bonchev–Trinajstić information content (AvgIpc) is 3.14. The van der Waals surface area contributed by atoms with Gasteiger partial charge in [-0.1, -0.05) is 37.6 Å². The van der Waals surface area contributed by atoms with Crippen molar-refractivity contribution in [3.8, 4) is 10.6 Å². The largest absolute Gasteiger partial charge is 0.353 e. The molecule has 4 rings (SSSR count). The molecule has 31 heavy (non-hydrogen) atoms. The number of piperazine rings is 1. The van der Waals surface area contributed by atoms with E-state index in [-0.39, 0.29) is 11.8 Å². The number of hydrogen-bond acceptors (Lipinski definition) is 6. The highest BCUT2D eigenvalue weighted by molar-refractivity contribution is 7.17. The molecule has 1 fully saturated rings. The number of halogens is 1. The van der Waals surface area contributed by atoms with Crippen molar-refractivity contribution < 1.29 is 4.79 Å². The summed E-state index contributed by atoms with van der Waals surface area (Å²) in [5.41, 5.74) is 2.67. The summed E-state index contributed by atoms with van der Waals surface area (Å²) in [4.78, 5) is 31.9. The van der Waals surface area contributed by atoms with Gasteiger partial charge >= 0.3 is 0 Å². The first-order valence-electron chi connectivity index (χ1n) is 10.4. The number of aryl methyl sites for hydroxylation is 2. The minimum Gasteiger partial charge on any atom is -0.353 e. The Hall–Kier alpha value is -2.51. The van der Waals surface area contributed by atoms with E-state index in [1.807, 2.05) is 49.1 Å². The van der Waals surface area contributed by atoms with Crippen LogP contribution in [0.15, 0.2) is 30.3 Å². The van der Waals surface area contributed by atoms with Crippen molar-refractivity contribution in [2.75, 3.05) is 31.1 Å². The number of amides is 1. The van der Waals surface area contributed by atoms with E-state index in [4.69, 9.17) is 16.6 Å². The molecule has 6 nitrogen and oxygen atoms in total. The molecule has 0 bridgehead atoms. The lowest BCUT2D eigenvalue weighted by molar-refractivity contribution is 0.0750. The third kappa shape index (κ3) is 4.72. The molecule has 162 valence electrons. The van der Waals surface area contributed by atoms with Crippen LogP contribution in [-0.4, -0.2) is 51.9 Å². The van der Waals surface area contributed by atoms with Gasteiger partial charge in [0.1, 0.15) is 21.5 Å². The maximum Gasteiger partial charge on any atom is 0.265 e.